The molecular formula is C28H40ClN3O2. The molecule has 3 heterocycles. The smallest absolute Gasteiger partial charge is 0.228 e. The first-order valence-corrected chi connectivity index (χ1v) is 13.5. The van der Waals surface area contributed by atoms with E-state index in [4.69, 9.17) is 21.0 Å². The number of oxazole rings is 1. The number of likely N-dealkylation sites (tertiary alicyclic amines) is 2. The maximum atomic E-state index is 12.8. The van der Waals surface area contributed by atoms with Crippen LogP contribution in [0.4, 0.5) is 0 Å². The quantitative estimate of drug-likeness (QED) is 0.394. The lowest BCUT2D eigenvalue weighted by Gasteiger charge is -2.35. The molecule has 0 radical (unpaired) electrons. The highest BCUT2D eigenvalue weighted by Gasteiger charge is 2.26. The lowest BCUT2D eigenvalue weighted by Crippen LogP contribution is -2.39. The highest BCUT2D eigenvalue weighted by molar-refractivity contribution is 6.33. The van der Waals surface area contributed by atoms with E-state index in [9.17, 15) is 4.79 Å². The minimum atomic E-state index is 0.225. The SMILES string of the molecule is Cc1oc(-c2ccccc2Cl)nc1CN1CCC(C(=O)CCCCN2C[C@H](C)C[C@H](C)C2)CC1. The van der Waals surface area contributed by atoms with Gasteiger partial charge in [-0.3, -0.25) is 9.69 Å². The molecule has 2 atom stereocenters. The molecule has 0 saturated carbocycles. The Morgan fingerprint density at radius 3 is 2.50 bits per heavy atom. The summed E-state index contributed by atoms with van der Waals surface area (Å²) in [7, 11) is 0. The first kappa shape index (κ1) is 25.4. The van der Waals surface area contributed by atoms with Crippen LogP contribution in [-0.4, -0.2) is 53.3 Å². The molecule has 0 bridgehead atoms. The summed E-state index contributed by atoms with van der Waals surface area (Å²) in [4.78, 5) is 22.5. The number of piperidine rings is 2. The minimum absolute atomic E-state index is 0.225. The predicted molar refractivity (Wildman–Crippen MR) is 138 cm³/mol. The Labute approximate surface area is 209 Å². The van der Waals surface area contributed by atoms with Crippen molar-refractivity contribution in [2.24, 2.45) is 17.8 Å². The summed E-state index contributed by atoms with van der Waals surface area (Å²) < 4.78 is 5.91. The third-order valence-electron chi connectivity index (χ3n) is 7.51. The number of aryl methyl sites for hydroxylation is 1. The van der Waals surface area contributed by atoms with Crippen molar-refractivity contribution in [1.82, 2.24) is 14.8 Å². The second-order valence-corrected chi connectivity index (χ2v) is 11.1. The molecule has 0 N–H and O–H groups in total. The van der Waals surface area contributed by atoms with Crippen LogP contribution in [0.25, 0.3) is 11.5 Å². The number of benzene rings is 1. The minimum Gasteiger partial charge on any atom is -0.441 e. The molecule has 0 aliphatic carbocycles. The molecule has 2 aliphatic heterocycles. The van der Waals surface area contributed by atoms with Crippen molar-refractivity contribution < 1.29 is 9.21 Å². The van der Waals surface area contributed by atoms with Gasteiger partial charge in [-0.15, -0.1) is 0 Å². The number of rotatable bonds is 9. The van der Waals surface area contributed by atoms with Crippen molar-refractivity contribution >= 4 is 17.4 Å². The van der Waals surface area contributed by atoms with Gasteiger partial charge in [0.1, 0.15) is 11.5 Å². The van der Waals surface area contributed by atoms with Crippen molar-refractivity contribution in [2.45, 2.75) is 65.8 Å². The second kappa shape index (κ2) is 11.8. The van der Waals surface area contributed by atoms with Crippen molar-refractivity contribution in [1.29, 1.82) is 0 Å². The molecule has 0 amide bonds. The van der Waals surface area contributed by atoms with Crippen molar-refractivity contribution in [3.8, 4) is 11.5 Å². The second-order valence-electron chi connectivity index (χ2n) is 10.7. The number of aromatic nitrogens is 1. The highest BCUT2D eigenvalue weighted by Crippen LogP contribution is 2.29. The standard InChI is InChI=1S/C28H40ClN3O2/c1-20-16-21(2)18-32(17-20)13-7-6-10-27(33)23-11-14-31(15-12-23)19-26-22(3)34-28(30-26)24-8-4-5-9-25(24)29/h4-5,8-9,20-21,23H,6-7,10-19H2,1-3H3/t20-,21+. The molecular weight excluding hydrogens is 446 g/mol. The van der Waals surface area contributed by atoms with Crippen LogP contribution in [0.3, 0.4) is 0 Å². The number of nitrogens with zero attached hydrogens (tertiary/aromatic N) is 3. The molecule has 5 nitrogen and oxygen atoms in total. The molecule has 0 spiro atoms. The third kappa shape index (κ3) is 6.71. The number of ketones is 1. The summed E-state index contributed by atoms with van der Waals surface area (Å²) in [5.74, 6) is 3.72. The topological polar surface area (TPSA) is 49.6 Å². The fourth-order valence-electron chi connectivity index (χ4n) is 5.76. The Balaban J connectivity index is 1.18. The van der Waals surface area contributed by atoms with E-state index in [0.717, 1.165) is 87.1 Å². The monoisotopic (exact) mass is 485 g/mol. The molecule has 34 heavy (non-hydrogen) atoms. The van der Waals surface area contributed by atoms with E-state index in [-0.39, 0.29) is 5.92 Å². The van der Waals surface area contributed by atoms with Crippen LogP contribution in [0.15, 0.2) is 28.7 Å². The highest BCUT2D eigenvalue weighted by atomic mass is 35.5. The molecule has 1 aromatic carbocycles. The van der Waals surface area contributed by atoms with Crippen LogP contribution < -0.4 is 0 Å². The van der Waals surface area contributed by atoms with Gasteiger partial charge in [-0.05, 0) is 82.6 Å². The number of Topliss-reactive ketones (excluding diaryl/α,β-unsaturated/α-hetero) is 1. The van der Waals surface area contributed by atoms with E-state index in [1.807, 2.05) is 31.2 Å². The van der Waals surface area contributed by atoms with Crippen molar-refractivity contribution in [3.63, 3.8) is 0 Å². The van der Waals surface area contributed by atoms with Crippen LogP contribution in [0.2, 0.25) is 5.02 Å². The average molecular weight is 486 g/mol. The summed E-state index contributed by atoms with van der Waals surface area (Å²) in [5.41, 5.74) is 1.79. The Hall–Kier alpha value is -1.69. The average Bonchev–Trinajstić information content (AvgIpc) is 3.16. The van der Waals surface area contributed by atoms with Crippen LogP contribution >= 0.6 is 11.6 Å². The van der Waals surface area contributed by atoms with E-state index in [2.05, 4.69) is 23.6 Å². The van der Waals surface area contributed by atoms with E-state index in [1.165, 1.54) is 19.5 Å². The van der Waals surface area contributed by atoms with Gasteiger partial charge in [0.05, 0.1) is 16.3 Å². The van der Waals surface area contributed by atoms with E-state index in [1.54, 1.807) is 0 Å². The third-order valence-corrected chi connectivity index (χ3v) is 7.83. The van der Waals surface area contributed by atoms with Crippen LogP contribution in [0.1, 0.15) is 63.8 Å². The van der Waals surface area contributed by atoms with E-state index >= 15 is 0 Å². The molecule has 2 fully saturated rings. The van der Waals surface area contributed by atoms with Crippen LogP contribution in [-0.2, 0) is 11.3 Å². The number of unbranched alkanes of at least 4 members (excludes halogenated alkanes) is 1. The molecule has 186 valence electrons. The Kier molecular flexibility index (Phi) is 8.84. The van der Waals surface area contributed by atoms with Crippen LogP contribution in [0, 0.1) is 24.7 Å². The van der Waals surface area contributed by atoms with E-state index in [0.29, 0.717) is 16.7 Å². The maximum absolute atomic E-state index is 12.8. The lowest BCUT2D eigenvalue weighted by molar-refractivity contribution is -0.124. The molecule has 2 aromatic rings. The van der Waals surface area contributed by atoms with Gasteiger partial charge < -0.3 is 9.32 Å². The van der Waals surface area contributed by atoms with Gasteiger partial charge in [0.15, 0.2) is 0 Å². The summed E-state index contributed by atoms with van der Waals surface area (Å²) in [6, 6.07) is 7.63. The molecule has 6 heteroatoms. The zero-order chi connectivity index (χ0) is 24.1. The van der Waals surface area contributed by atoms with Crippen LogP contribution in [0.5, 0.6) is 0 Å². The molecule has 2 aliphatic rings. The Morgan fingerprint density at radius 2 is 1.79 bits per heavy atom. The van der Waals surface area contributed by atoms with Gasteiger partial charge >= 0.3 is 0 Å². The van der Waals surface area contributed by atoms with Gasteiger partial charge in [0.25, 0.3) is 0 Å². The normalized spacial score (nSPS) is 22.8. The van der Waals surface area contributed by atoms with E-state index < -0.39 is 0 Å². The van der Waals surface area contributed by atoms with Gasteiger partial charge in [-0.1, -0.05) is 37.6 Å². The number of hydrogen-bond donors (Lipinski definition) is 0. The van der Waals surface area contributed by atoms with Gasteiger partial charge in [0, 0.05) is 32.0 Å². The summed E-state index contributed by atoms with van der Waals surface area (Å²) >= 11 is 6.31. The first-order chi connectivity index (χ1) is 16.4. The Morgan fingerprint density at radius 1 is 1.09 bits per heavy atom. The number of halogens is 1. The molecule has 2 saturated heterocycles. The van der Waals surface area contributed by atoms with Gasteiger partial charge in [-0.25, -0.2) is 4.98 Å². The summed E-state index contributed by atoms with van der Waals surface area (Å²) in [6.07, 6.45) is 6.17. The molecule has 1 aromatic heterocycles. The number of carbonyl (C=O) groups is 1. The number of carbonyl (C=O) groups excluding carboxylic acids is 1. The number of hydrogen-bond acceptors (Lipinski definition) is 5. The first-order valence-electron chi connectivity index (χ1n) is 13.1. The van der Waals surface area contributed by atoms with Crippen molar-refractivity contribution in [2.75, 3.05) is 32.7 Å². The van der Waals surface area contributed by atoms with Crippen molar-refractivity contribution in [3.05, 3.63) is 40.7 Å². The van der Waals surface area contributed by atoms with Gasteiger partial charge in [-0.2, -0.15) is 0 Å². The summed E-state index contributed by atoms with van der Waals surface area (Å²) in [5, 5.41) is 0.648. The predicted octanol–water partition coefficient (Wildman–Crippen LogP) is 6.23. The molecule has 0 unspecified atom stereocenters. The zero-order valence-corrected chi connectivity index (χ0v) is 21.8. The maximum Gasteiger partial charge on any atom is 0.228 e. The molecule has 4 rings (SSSR count). The zero-order valence-electron chi connectivity index (χ0n) is 21.1. The van der Waals surface area contributed by atoms with Gasteiger partial charge in [0.2, 0.25) is 5.89 Å². The summed E-state index contributed by atoms with van der Waals surface area (Å²) in [6.45, 7) is 12.9. The fourth-order valence-corrected chi connectivity index (χ4v) is 5.98. The Bertz CT molecular complexity index is 941. The fraction of sp³-hybridized carbons (Fsp3) is 0.643. The lowest BCUT2D eigenvalue weighted by atomic mass is 9.89. The largest absolute Gasteiger partial charge is 0.441 e.